The number of amides is 1. The highest BCUT2D eigenvalue weighted by Crippen LogP contribution is 2.55. The summed E-state index contributed by atoms with van der Waals surface area (Å²) in [5, 5.41) is 3.37. The zero-order chi connectivity index (χ0) is 20.2. The molecular weight excluding hydrogens is 384 g/mol. The second-order valence-electron chi connectivity index (χ2n) is 10.1. The number of hydrogen-bond donors (Lipinski definition) is 1. The van der Waals surface area contributed by atoms with Crippen molar-refractivity contribution in [1.29, 1.82) is 0 Å². The summed E-state index contributed by atoms with van der Waals surface area (Å²) < 4.78 is 28.0. The molecule has 6 rings (SSSR count). The molecule has 1 saturated heterocycles. The van der Waals surface area contributed by atoms with Gasteiger partial charge in [-0.25, -0.2) is 8.42 Å². The van der Waals surface area contributed by atoms with Crippen LogP contribution in [0.1, 0.15) is 73.7 Å². The normalized spacial score (nSPS) is 34.3. The monoisotopic (exact) mass is 416 g/mol. The summed E-state index contributed by atoms with van der Waals surface area (Å²) in [6.45, 7) is 2.97. The highest BCUT2D eigenvalue weighted by atomic mass is 32.2. The van der Waals surface area contributed by atoms with E-state index in [0.29, 0.717) is 24.2 Å². The minimum absolute atomic E-state index is 0.0668. The molecule has 4 saturated carbocycles. The van der Waals surface area contributed by atoms with Gasteiger partial charge in [0.15, 0.2) is 0 Å². The number of aryl methyl sites for hydroxylation is 1. The lowest BCUT2D eigenvalue weighted by Crippen LogP contribution is -2.59. The van der Waals surface area contributed by atoms with E-state index < -0.39 is 10.0 Å². The maximum absolute atomic E-state index is 13.2. The van der Waals surface area contributed by atoms with Gasteiger partial charge in [0.25, 0.3) is 5.91 Å². The number of nitrogens with zero attached hydrogens (tertiary/aromatic N) is 1. The molecule has 1 N–H and O–H groups in total. The van der Waals surface area contributed by atoms with Gasteiger partial charge in [0, 0.05) is 24.2 Å². The average Bonchev–Trinajstić information content (AvgIpc) is 2.67. The Kier molecular flexibility index (Phi) is 4.78. The Labute approximate surface area is 174 Å². The number of carbonyl (C=O) groups is 1. The van der Waals surface area contributed by atoms with E-state index in [2.05, 4.69) is 5.32 Å². The van der Waals surface area contributed by atoms with Gasteiger partial charge in [-0.1, -0.05) is 12.5 Å². The molecule has 0 spiro atoms. The van der Waals surface area contributed by atoms with Gasteiger partial charge >= 0.3 is 0 Å². The first-order chi connectivity index (χ1) is 13.8. The maximum atomic E-state index is 13.2. The molecule has 1 aliphatic heterocycles. The summed E-state index contributed by atoms with van der Waals surface area (Å²) in [4.78, 5) is 13.5. The summed E-state index contributed by atoms with van der Waals surface area (Å²) in [7, 11) is -3.55. The molecule has 29 heavy (non-hydrogen) atoms. The lowest BCUT2D eigenvalue weighted by atomic mass is 9.53. The fraction of sp³-hybridized carbons (Fsp3) is 0.696. The molecule has 1 amide bonds. The fourth-order valence-electron chi connectivity index (χ4n) is 6.84. The Hall–Kier alpha value is -1.40. The van der Waals surface area contributed by atoms with Gasteiger partial charge in [-0.3, -0.25) is 4.79 Å². The van der Waals surface area contributed by atoms with Crippen LogP contribution in [0.25, 0.3) is 0 Å². The van der Waals surface area contributed by atoms with Gasteiger partial charge < -0.3 is 5.32 Å². The van der Waals surface area contributed by atoms with Crippen molar-refractivity contribution in [3.05, 3.63) is 29.3 Å². The fourth-order valence-corrected chi connectivity index (χ4v) is 8.61. The topological polar surface area (TPSA) is 66.5 Å². The van der Waals surface area contributed by atoms with Gasteiger partial charge in [0.1, 0.15) is 0 Å². The van der Waals surface area contributed by atoms with Crippen molar-refractivity contribution >= 4 is 15.9 Å². The second kappa shape index (κ2) is 7.09. The molecule has 0 radical (unpaired) electrons. The summed E-state index contributed by atoms with van der Waals surface area (Å²) >= 11 is 0. The molecule has 5 aliphatic rings. The van der Waals surface area contributed by atoms with Gasteiger partial charge in [0.2, 0.25) is 10.0 Å². The molecule has 5 nitrogen and oxygen atoms in total. The molecule has 0 atom stereocenters. The number of hydrogen-bond acceptors (Lipinski definition) is 3. The van der Waals surface area contributed by atoms with Gasteiger partial charge in [0.05, 0.1) is 4.90 Å². The summed E-state index contributed by atoms with van der Waals surface area (Å²) in [6.07, 6.45) is 10.2. The van der Waals surface area contributed by atoms with E-state index >= 15 is 0 Å². The predicted octanol–water partition coefficient (Wildman–Crippen LogP) is 3.87. The zero-order valence-corrected chi connectivity index (χ0v) is 18.1. The number of nitrogens with one attached hydrogen (secondary N) is 1. The van der Waals surface area contributed by atoms with E-state index in [0.717, 1.165) is 56.3 Å². The average molecular weight is 417 g/mol. The van der Waals surface area contributed by atoms with Crippen LogP contribution in [-0.2, 0) is 10.0 Å². The lowest BCUT2D eigenvalue weighted by molar-refractivity contribution is -0.0167. The molecule has 1 aromatic rings. The number of piperidine rings is 1. The van der Waals surface area contributed by atoms with Crippen LogP contribution >= 0.6 is 0 Å². The van der Waals surface area contributed by atoms with Crippen LogP contribution in [0.5, 0.6) is 0 Å². The first kappa shape index (κ1) is 19.6. The minimum atomic E-state index is -3.55. The van der Waals surface area contributed by atoms with Crippen molar-refractivity contribution in [2.45, 2.75) is 75.1 Å². The minimum Gasteiger partial charge on any atom is -0.347 e. The smallest absolute Gasteiger partial charge is 0.251 e. The lowest BCUT2D eigenvalue weighted by Gasteiger charge is -2.56. The quantitative estimate of drug-likeness (QED) is 0.810. The Bertz CT molecular complexity index is 883. The first-order valence-electron chi connectivity index (χ1n) is 11.3. The van der Waals surface area contributed by atoms with Gasteiger partial charge in [-0.15, -0.1) is 0 Å². The summed E-state index contributed by atoms with van der Waals surface area (Å²) in [6, 6.07) is 5.17. The standard InChI is InChI=1S/C23H32N2O3S/c1-16-5-6-20(12-21(16)29(27,28)25-7-3-2-4-8-25)22(26)24-23-13-17-9-18(14-23)11-19(10-17)15-23/h5-6,12,17-19H,2-4,7-11,13-15H2,1H3,(H,24,26). The molecule has 0 aromatic heterocycles. The van der Waals surface area contributed by atoms with Crippen LogP contribution in [0.2, 0.25) is 0 Å². The zero-order valence-electron chi connectivity index (χ0n) is 17.3. The molecule has 1 heterocycles. The van der Waals surface area contributed by atoms with E-state index in [1.54, 1.807) is 22.5 Å². The Morgan fingerprint density at radius 1 is 1.00 bits per heavy atom. The third kappa shape index (κ3) is 3.52. The van der Waals surface area contributed by atoms with E-state index in [-0.39, 0.29) is 16.3 Å². The third-order valence-electron chi connectivity index (χ3n) is 7.80. The van der Waals surface area contributed by atoms with Crippen molar-refractivity contribution in [3.63, 3.8) is 0 Å². The Balaban J connectivity index is 1.39. The van der Waals surface area contributed by atoms with Crippen molar-refractivity contribution < 1.29 is 13.2 Å². The predicted molar refractivity (Wildman–Crippen MR) is 112 cm³/mol. The van der Waals surface area contributed by atoms with Crippen LogP contribution in [0.4, 0.5) is 0 Å². The molecule has 0 unspecified atom stereocenters. The number of sulfonamides is 1. The van der Waals surface area contributed by atoms with Crippen molar-refractivity contribution in [1.82, 2.24) is 9.62 Å². The molecule has 1 aromatic carbocycles. The van der Waals surface area contributed by atoms with E-state index in [9.17, 15) is 13.2 Å². The van der Waals surface area contributed by atoms with Crippen LogP contribution in [-0.4, -0.2) is 37.3 Å². The maximum Gasteiger partial charge on any atom is 0.251 e. The molecule has 5 fully saturated rings. The number of carbonyl (C=O) groups excluding carboxylic acids is 1. The molecule has 4 bridgehead atoms. The summed E-state index contributed by atoms with van der Waals surface area (Å²) in [5.41, 5.74) is 1.12. The van der Waals surface area contributed by atoms with Crippen molar-refractivity contribution in [2.75, 3.05) is 13.1 Å². The van der Waals surface area contributed by atoms with Gasteiger partial charge in [-0.05, 0) is 93.7 Å². The molecule has 158 valence electrons. The third-order valence-corrected chi connectivity index (χ3v) is 9.84. The van der Waals surface area contributed by atoms with E-state index in [1.165, 1.54) is 19.3 Å². The van der Waals surface area contributed by atoms with Crippen LogP contribution < -0.4 is 5.32 Å². The van der Waals surface area contributed by atoms with E-state index in [1.807, 2.05) is 6.92 Å². The van der Waals surface area contributed by atoms with Crippen molar-refractivity contribution in [2.24, 2.45) is 17.8 Å². The van der Waals surface area contributed by atoms with Crippen LogP contribution in [0.15, 0.2) is 23.1 Å². The van der Waals surface area contributed by atoms with Crippen molar-refractivity contribution in [3.8, 4) is 0 Å². The summed E-state index contributed by atoms with van der Waals surface area (Å²) in [5.74, 6) is 2.17. The number of rotatable bonds is 4. The van der Waals surface area contributed by atoms with Crippen LogP contribution in [0, 0.1) is 24.7 Å². The molecular formula is C23H32N2O3S. The first-order valence-corrected chi connectivity index (χ1v) is 12.7. The van der Waals surface area contributed by atoms with Crippen LogP contribution in [0.3, 0.4) is 0 Å². The van der Waals surface area contributed by atoms with Gasteiger partial charge in [-0.2, -0.15) is 4.31 Å². The Morgan fingerprint density at radius 3 is 2.17 bits per heavy atom. The second-order valence-corrected chi connectivity index (χ2v) is 12.0. The molecule has 4 aliphatic carbocycles. The highest BCUT2D eigenvalue weighted by Gasteiger charge is 2.51. The molecule has 6 heteroatoms. The highest BCUT2D eigenvalue weighted by molar-refractivity contribution is 7.89. The largest absolute Gasteiger partial charge is 0.347 e. The Morgan fingerprint density at radius 2 is 1.59 bits per heavy atom. The SMILES string of the molecule is Cc1ccc(C(=O)NC23CC4CC(CC(C4)C2)C3)cc1S(=O)(=O)N1CCCCC1. The number of benzene rings is 1. The van der Waals surface area contributed by atoms with E-state index in [4.69, 9.17) is 0 Å².